The fourth-order valence-corrected chi connectivity index (χ4v) is 4.82. The Labute approximate surface area is 160 Å². The van der Waals surface area contributed by atoms with Crippen molar-refractivity contribution in [3.8, 4) is 0 Å². The highest BCUT2D eigenvalue weighted by atomic mass is 32.1. The first-order valence-electron chi connectivity index (χ1n) is 9.98. The van der Waals surface area contributed by atoms with Crippen molar-refractivity contribution in [1.82, 2.24) is 15.1 Å². The van der Waals surface area contributed by atoms with E-state index < -0.39 is 0 Å². The topological polar surface area (TPSA) is 52.7 Å². The number of nitrogens with zero attached hydrogens (tertiary/aromatic N) is 2. The van der Waals surface area contributed by atoms with E-state index in [4.69, 9.17) is 0 Å². The van der Waals surface area contributed by atoms with Crippen LogP contribution in [0.15, 0.2) is 6.07 Å². The van der Waals surface area contributed by atoms with Crippen LogP contribution in [0.4, 0.5) is 0 Å². The average molecular weight is 378 g/mol. The third-order valence-electron chi connectivity index (χ3n) is 5.42. The molecule has 6 heteroatoms. The van der Waals surface area contributed by atoms with E-state index in [-0.39, 0.29) is 17.9 Å². The molecule has 1 unspecified atom stereocenters. The molecule has 2 heterocycles. The average Bonchev–Trinajstić information content (AvgIpc) is 3.38. The number of piperazine rings is 1. The van der Waals surface area contributed by atoms with Gasteiger partial charge in [0.05, 0.1) is 10.9 Å². The van der Waals surface area contributed by atoms with Crippen molar-refractivity contribution in [2.24, 2.45) is 0 Å². The van der Waals surface area contributed by atoms with Gasteiger partial charge in [0.1, 0.15) is 0 Å². The van der Waals surface area contributed by atoms with Gasteiger partial charge in [-0.25, -0.2) is 0 Å². The summed E-state index contributed by atoms with van der Waals surface area (Å²) in [6.45, 7) is 9.23. The molecule has 2 aliphatic rings. The second kappa shape index (κ2) is 8.53. The van der Waals surface area contributed by atoms with E-state index in [1.807, 2.05) is 11.8 Å². The van der Waals surface area contributed by atoms with Gasteiger partial charge in [0, 0.05) is 37.1 Å². The Morgan fingerprint density at radius 2 is 1.92 bits per heavy atom. The van der Waals surface area contributed by atoms with Gasteiger partial charge < -0.3 is 10.2 Å². The van der Waals surface area contributed by atoms with Crippen LogP contribution in [-0.2, 0) is 17.6 Å². The Balaban J connectivity index is 1.55. The van der Waals surface area contributed by atoms with Gasteiger partial charge in [-0.3, -0.25) is 14.5 Å². The lowest BCUT2D eigenvalue weighted by Crippen LogP contribution is -2.55. The molecular weight excluding hydrogens is 346 g/mol. The van der Waals surface area contributed by atoms with E-state index in [2.05, 4.69) is 30.1 Å². The van der Waals surface area contributed by atoms with Gasteiger partial charge in [-0.1, -0.05) is 20.3 Å². The van der Waals surface area contributed by atoms with Crippen molar-refractivity contribution < 1.29 is 9.59 Å². The van der Waals surface area contributed by atoms with Crippen LogP contribution in [0.25, 0.3) is 0 Å². The Kier molecular flexibility index (Phi) is 6.35. The molecular formula is C20H31N3O2S. The van der Waals surface area contributed by atoms with Crippen LogP contribution in [0.1, 0.15) is 60.1 Å². The maximum atomic E-state index is 12.9. The quantitative estimate of drug-likeness (QED) is 0.795. The van der Waals surface area contributed by atoms with Gasteiger partial charge in [-0.15, -0.1) is 11.3 Å². The summed E-state index contributed by atoms with van der Waals surface area (Å²) in [6.07, 6.45) is 5.38. The molecule has 5 nitrogen and oxygen atoms in total. The Hall–Kier alpha value is -1.40. The minimum atomic E-state index is -0.113. The van der Waals surface area contributed by atoms with Crippen molar-refractivity contribution in [1.29, 1.82) is 0 Å². The van der Waals surface area contributed by atoms with Crippen molar-refractivity contribution in [3.63, 3.8) is 0 Å². The summed E-state index contributed by atoms with van der Waals surface area (Å²) in [7, 11) is 0. The molecule has 0 aromatic carbocycles. The standard InChI is InChI=1S/C20H31N3O2S/c1-4-6-17-15(5-2)13-18(26-17)20(25)23-11-9-22(10-12-23)14(3)19(24)21-16-7-8-16/h13-14,16H,4-12H2,1-3H3,(H,21,24). The first kappa shape index (κ1) is 19.4. The van der Waals surface area contributed by atoms with Crippen molar-refractivity contribution >= 4 is 23.2 Å². The highest BCUT2D eigenvalue weighted by Gasteiger charge is 2.31. The fraction of sp³-hybridized carbons (Fsp3) is 0.700. The Morgan fingerprint density at radius 3 is 2.50 bits per heavy atom. The monoisotopic (exact) mass is 377 g/mol. The number of hydrogen-bond donors (Lipinski definition) is 1. The zero-order valence-electron chi connectivity index (χ0n) is 16.2. The highest BCUT2D eigenvalue weighted by Crippen LogP contribution is 2.26. The lowest BCUT2D eigenvalue weighted by molar-refractivity contribution is -0.126. The van der Waals surface area contributed by atoms with E-state index in [0.717, 1.165) is 50.1 Å². The molecule has 1 atom stereocenters. The largest absolute Gasteiger partial charge is 0.352 e. The molecule has 1 saturated heterocycles. The smallest absolute Gasteiger partial charge is 0.264 e. The Bertz CT molecular complexity index is 645. The number of nitrogens with one attached hydrogen (secondary N) is 1. The third-order valence-corrected chi connectivity index (χ3v) is 6.64. The lowest BCUT2D eigenvalue weighted by Gasteiger charge is -2.37. The number of hydrogen-bond acceptors (Lipinski definition) is 4. The zero-order valence-corrected chi connectivity index (χ0v) is 17.0. The van der Waals surface area contributed by atoms with Crippen LogP contribution in [0.3, 0.4) is 0 Å². The van der Waals surface area contributed by atoms with Crippen molar-refractivity contribution in [3.05, 3.63) is 21.4 Å². The van der Waals surface area contributed by atoms with Crippen LogP contribution in [0, 0.1) is 0 Å². The lowest BCUT2D eigenvalue weighted by atomic mass is 10.1. The van der Waals surface area contributed by atoms with Gasteiger partial charge in [0.15, 0.2) is 0 Å². The number of rotatable bonds is 7. The van der Waals surface area contributed by atoms with E-state index in [0.29, 0.717) is 19.1 Å². The maximum absolute atomic E-state index is 12.9. The number of carbonyl (C=O) groups is 2. The molecule has 1 aromatic heterocycles. The van der Waals surface area contributed by atoms with Crippen molar-refractivity contribution in [2.75, 3.05) is 26.2 Å². The summed E-state index contributed by atoms with van der Waals surface area (Å²) < 4.78 is 0. The number of carbonyl (C=O) groups excluding carboxylic acids is 2. The van der Waals surface area contributed by atoms with E-state index in [1.165, 1.54) is 10.4 Å². The molecule has 1 N–H and O–H groups in total. The van der Waals surface area contributed by atoms with Gasteiger partial charge in [-0.05, 0) is 44.2 Å². The van der Waals surface area contributed by atoms with Crippen LogP contribution in [0.5, 0.6) is 0 Å². The summed E-state index contributed by atoms with van der Waals surface area (Å²) in [5, 5.41) is 3.08. The number of thiophene rings is 1. The summed E-state index contributed by atoms with van der Waals surface area (Å²) in [5.41, 5.74) is 1.32. The van der Waals surface area contributed by atoms with Crippen LogP contribution >= 0.6 is 11.3 Å². The molecule has 144 valence electrons. The molecule has 2 fully saturated rings. The molecule has 1 aliphatic heterocycles. The minimum Gasteiger partial charge on any atom is -0.352 e. The Morgan fingerprint density at radius 1 is 1.23 bits per heavy atom. The first-order chi connectivity index (χ1) is 12.5. The molecule has 0 bridgehead atoms. The molecule has 0 spiro atoms. The molecule has 0 radical (unpaired) electrons. The predicted molar refractivity (Wildman–Crippen MR) is 106 cm³/mol. The molecule has 1 aromatic rings. The molecule has 26 heavy (non-hydrogen) atoms. The predicted octanol–water partition coefficient (Wildman–Crippen LogP) is 2.69. The molecule has 1 saturated carbocycles. The zero-order chi connectivity index (χ0) is 18.7. The number of aryl methyl sites for hydroxylation is 2. The maximum Gasteiger partial charge on any atom is 0.264 e. The second-order valence-electron chi connectivity index (χ2n) is 7.45. The molecule has 2 amide bonds. The van der Waals surface area contributed by atoms with Gasteiger partial charge >= 0.3 is 0 Å². The molecule has 3 rings (SSSR count). The SMILES string of the molecule is CCCc1sc(C(=O)N2CCN(C(C)C(=O)NC3CC3)CC2)cc1CC. The van der Waals surface area contributed by atoms with Gasteiger partial charge in [0.2, 0.25) is 5.91 Å². The van der Waals surface area contributed by atoms with Gasteiger partial charge in [0.25, 0.3) is 5.91 Å². The fourth-order valence-electron chi connectivity index (χ4n) is 3.49. The third kappa shape index (κ3) is 4.46. The highest BCUT2D eigenvalue weighted by molar-refractivity contribution is 7.14. The van der Waals surface area contributed by atoms with Gasteiger partial charge in [-0.2, -0.15) is 0 Å². The van der Waals surface area contributed by atoms with Crippen LogP contribution in [0.2, 0.25) is 0 Å². The second-order valence-corrected chi connectivity index (χ2v) is 8.59. The minimum absolute atomic E-state index is 0.113. The summed E-state index contributed by atoms with van der Waals surface area (Å²) in [5.74, 6) is 0.282. The summed E-state index contributed by atoms with van der Waals surface area (Å²) in [6, 6.07) is 2.38. The van der Waals surface area contributed by atoms with Crippen molar-refractivity contribution in [2.45, 2.75) is 65.0 Å². The first-order valence-corrected chi connectivity index (χ1v) is 10.8. The van der Waals surface area contributed by atoms with E-state index in [9.17, 15) is 9.59 Å². The number of amides is 2. The summed E-state index contributed by atoms with van der Waals surface area (Å²) >= 11 is 1.67. The molecule has 1 aliphatic carbocycles. The van der Waals surface area contributed by atoms with E-state index in [1.54, 1.807) is 11.3 Å². The van der Waals surface area contributed by atoms with Crippen LogP contribution in [-0.4, -0.2) is 59.9 Å². The summed E-state index contributed by atoms with van der Waals surface area (Å²) in [4.78, 5) is 31.5. The normalized spacial score (nSPS) is 19.4. The van der Waals surface area contributed by atoms with Crippen LogP contribution < -0.4 is 5.32 Å². The van der Waals surface area contributed by atoms with E-state index >= 15 is 0 Å².